The van der Waals surface area contributed by atoms with Gasteiger partial charge in [-0.3, -0.25) is 9.69 Å². The number of amides is 1. The van der Waals surface area contributed by atoms with E-state index in [1.807, 2.05) is 17.9 Å². The summed E-state index contributed by atoms with van der Waals surface area (Å²) in [6.07, 6.45) is 6.96. The van der Waals surface area contributed by atoms with Crippen LogP contribution in [-0.4, -0.2) is 66.5 Å². The fraction of sp³-hybridized carbons (Fsp3) is 0.654. The largest absolute Gasteiger partial charge is 0.459 e. The number of rotatable bonds is 9. The minimum absolute atomic E-state index is 0.000930. The summed E-state index contributed by atoms with van der Waals surface area (Å²) in [6.45, 7) is 6.79. The maximum absolute atomic E-state index is 13.4. The molecule has 6 heteroatoms. The lowest BCUT2D eigenvalue weighted by Gasteiger charge is -2.44. The molecule has 1 saturated heterocycles. The van der Waals surface area contributed by atoms with Gasteiger partial charge < -0.3 is 19.5 Å². The fourth-order valence-corrected chi connectivity index (χ4v) is 5.25. The van der Waals surface area contributed by atoms with Crippen LogP contribution in [0.4, 0.5) is 0 Å². The number of ether oxygens (including phenoxy) is 2. The van der Waals surface area contributed by atoms with Crippen LogP contribution in [0.25, 0.3) is 0 Å². The van der Waals surface area contributed by atoms with Crippen molar-refractivity contribution in [2.24, 2.45) is 17.8 Å². The van der Waals surface area contributed by atoms with Crippen molar-refractivity contribution in [1.29, 1.82) is 0 Å². The van der Waals surface area contributed by atoms with Gasteiger partial charge in [0.05, 0.1) is 0 Å². The van der Waals surface area contributed by atoms with Gasteiger partial charge in [-0.15, -0.1) is 0 Å². The molecule has 0 unspecified atom stereocenters. The average molecular weight is 443 g/mol. The number of allylic oxidation sites excluding steroid dienone is 1. The Morgan fingerprint density at radius 2 is 1.91 bits per heavy atom. The Morgan fingerprint density at radius 1 is 1.16 bits per heavy atom. The molecule has 0 spiro atoms. The quantitative estimate of drug-likeness (QED) is 0.635. The number of nitrogens with zero attached hydrogens (tertiary/aromatic N) is 2. The molecule has 1 N–H and O–H groups in total. The van der Waals surface area contributed by atoms with Gasteiger partial charge in [0.15, 0.2) is 5.76 Å². The van der Waals surface area contributed by atoms with E-state index in [1.165, 1.54) is 24.8 Å². The predicted molar refractivity (Wildman–Crippen MR) is 124 cm³/mol. The molecule has 3 atom stereocenters. The maximum atomic E-state index is 13.4. The summed E-state index contributed by atoms with van der Waals surface area (Å²) in [5.41, 5.74) is 1.31. The van der Waals surface area contributed by atoms with Crippen LogP contribution in [0, 0.1) is 17.8 Å². The molecule has 1 amide bonds. The third-order valence-electron chi connectivity index (χ3n) is 7.27. The van der Waals surface area contributed by atoms with Crippen LogP contribution in [0.5, 0.6) is 0 Å². The van der Waals surface area contributed by atoms with Gasteiger partial charge in [0.2, 0.25) is 6.29 Å². The zero-order valence-electron chi connectivity index (χ0n) is 19.3. The van der Waals surface area contributed by atoms with E-state index >= 15 is 0 Å². The van der Waals surface area contributed by atoms with Crippen molar-refractivity contribution in [2.75, 3.05) is 39.4 Å². The molecule has 2 heterocycles. The van der Waals surface area contributed by atoms with Crippen LogP contribution in [0.1, 0.15) is 44.6 Å². The van der Waals surface area contributed by atoms with Gasteiger partial charge in [0.1, 0.15) is 0 Å². The van der Waals surface area contributed by atoms with Crippen molar-refractivity contribution < 1.29 is 19.4 Å². The first-order valence-corrected chi connectivity index (χ1v) is 12.4. The molecule has 6 nitrogen and oxygen atoms in total. The summed E-state index contributed by atoms with van der Waals surface area (Å²) >= 11 is 0. The topological polar surface area (TPSA) is 62.2 Å². The van der Waals surface area contributed by atoms with Crippen LogP contribution in [0.15, 0.2) is 42.2 Å². The maximum Gasteiger partial charge on any atom is 0.288 e. The monoisotopic (exact) mass is 442 g/mol. The Kier molecular flexibility index (Phi) is 8.22. The average Bonchev–Trinajstić information content (AvgIpc) is 2.78. The van der Waals surface area contributed by atoms with Gasteiger partial charge in [-0.25, -0.2) is 0 Å². The summed E-state index contributed by atoms with van der Waals surface area (Å²) < 4.78 is 12.1. The van der Waals surface area contributed by atoms with Gasteiger partial charge in [0, 0.05) is 51.9 Å². The van der Waals surface area contributed by atoms with Gasteiger partial charge in [-0.2, -0.15) is 0 Å². The summed E-state index contributed by atoms with van der Waals surface area (Å²) in [4.78, 5) is 17.7. The van der Waals surface area contributed by atoms with Gasteiger partial charge in [-0.1, -0.05) is 36.8 Å². The van der Waals surface area contributed by atoms with Crippen LogP contribution >= 0.6 is 0 Å². The molecule has 0 bridgehead atoms. The molecule has 2 fully saturated rings. The molecule has 1 saturated carbocycles. The number of aliphatic hydroxyl groups is 1. The molecule has 32 heavy (non-hydrogen) atoms. The SMILES string of the molecule is CCO[C@@H]1OC(C(=O)N2CCN(Cc3ccccc3)CC2)=C[C@H](C2CCC2)[C@H]1CCCO. The third-order valence-corrected chi connectivity index (χ3v) is 7.27. The highest BCUT2D eigenvalue weighted by Gasteiger charge is 2.42. The van der Waals surface area contributed by atoms with Crippen molar-refractivity contribution in [1.82, 2.24) is 9.80 Å². The van der Waals surface area contributed by atoms with Crippen LogP contribution in [-0.2, 0) is 20.8 Å². The van der Waals surface area contributed by atoms with E-state index in [4.69, 9.17) is 9.47 Å². The number of benzene rings is 1. The van der Waals surface area contributed by atoms with Crippen LogP contribution in [0.3, 0.4) is 0 Å². The first-order chi connectivity index (χ1) is 15.7. The van der Waals surface area contributed by atoms with Crippen molar-refractivity contribution in [3.63, 3.8) is 0 Å². The Balaban J connectivity index is 1.41. The van der Waals surface area contributed by atoms with Crippen molar-refractivity contribution in [2.45, 2.75) is 51.9 Å². The molecule has 1 aromatic carbocycles. The summed E-state index contributed by atoms with van der Waals surface area (Å²) in [6, 6.07) is 10.5. The second-order valence-electron chi connectivity index (χ2n) is 9.32. The van der Waals surface area contributed by atoms with E-state index in [0.717, 1.165) is 32.5 Å². The van der Waals surface area contributed by atoms with Gasteiger partial charge in [0.25, 0.3) is 5.91 Å². The zero-order valence-corrected chi connectivity index (χ0v) is 19.3. The highest BCUT2D eigenvalue weighted by molar-refractivity contribution is 5.91. The van der Waals surface area contributed by atoms with Crippen molar-refractivity contribution in [3.05, 3.63) is 47.7 Å². The van der Waals surface area contributed by atoms with E-state index in [-0.39, 0.29) is 18.4 Å². The summed E-state index contributed by atoms with van der Waals surface area (Å²) in [7, 11) is 0. The van der Waals surface area contributed by atoms with Crippen LogP contribution in [0.2, 0.25) is 0 Å². The molecule has 176 valence electrons. The normalized spacial score (nSPS) is 26.9. The first kappa shape index (κ1) is 23.3. The predicted octanol–water partition coefficient (Wildman–Crippen LogP) is 3.41. The van der Waals surface area contributed by atoms with E-state index in [0.29, 0.717) is 37.3 Å². The lowest BCUT2D eigenvalue weighted by Crippen LogP contribution is -2.50. The molecule has 3 aliphatic rings. The van der Waals surface area contributed by atoms with Crippen molar-refractivity contribution >= 4 is 5.91 Å². The lowest BCUT2D eigenvalue weighted by molar-refractivity contribution is -0.181. The Morgan fingerprint density at radius 3 is 2.53 bits per heavy atom. The van der Waals surface area contributed by atoms with Crippen LogP contribution < -0.4 is 0 Å². The number of hydrogen-bond acceptors (Lipinski definition) is 5. The van der Waals surface area contributed by atoms with E-state index in [2.05, 4.69) is 35.2 Å². The first-order valence-electron chi connectivity index (χ1n) is 12.4. The molecule has 1 aliphatic carbocycles. The smallest absolute Gasteiger partial charge is 0.288 e. The Bertz CT molecular complexity index is 756. The standard InChI is InChI=1S/C26H38N2O4/c1-2-31-26-22(12-7-17-29)23(21-10-6-11-21)18-24(32-26)25(30)28-15-13-27(14-16-28)19-20-8-4-3-5-9-20/h3-5,8-9,18,21-23,26,29H,2,6-7,10-17,19H2,1H3/t22-,23-,26-/m1/s1. The van der Waals surface area contributed by atoms with E-state index < -0.39 is 6.29 Å². The van der Waals surface area contributed by atoms with Crippen molar-refractivity contribution in [3.8, 4) is 0 Å². The minimum atomic E-state index is -0.402. The number of carbonyl (C=O) groups is 1. The second-order valence-corrected chi connectivity index (χ2v) is 9.32. The summed E-state index contributed by atoms with van der Waals surface area (Å²) in [5.74, 6) is 1.55. The van der Waals surface area contributed by atoms with E-state index in [9.17, 15) is 9.90 Å². The Labute approximate surface area is 192 Å². The molecular formula is C26H38N2O4. The molecule has 4 rings (SSSR count). The van der Waals surface area contributed by atoms with E-state index in [1.54, 1.807) is 0 Å². The zero-order chi connectivity index (χ0) is 22.3. The fourth-order valence-electron chi connectivity index (χ4n) is 5.25. The van der Waals surface area contributed by atoms with Gasteiger partial charge in [-0.05, 0) is 56.1 Å². The van der Waals surface area contributed by atoms with Gasteiger partial charge >= 0.3 is 0 Å². The molecule has 0 radical (unpaired) electrons. The molecule has 0 aromatic heterocycles. The summed E-state index contributed by atoms with van der Waals surface area (Å²) in [5, 5.41) is 9.37. The minimum Gasteiger partial charge on any atom is -0.459 e. The molecular weight excluding hydrogens is 404 g/mol. The Hall–Kier alpha value is -1.89. The third kappa shape index (κ3) is 5.53. The molecule has 2 aliphatic heterocycles. The number of piperazine rings is 1. The second kappa shape index (κ2) is 11.3. The molecule has 1 aromatic rings. The number of carbonyl (C=O) groups excluding carboxylic acids is 1. The highest BCUT2D eigenvalue weighted by atomic mass is 16.7. The number of hydrogen-bond donors (Lipinski definition) is 1. The number of aliphatic hydroxyl groups excluding tert-OH is 1. The highest BCUT2D eigenvalue weighted by Crippen LogP contribution is 2.44. The lowest BCUT2D eigenvalue weighted by atomic mass is 9.68.